The highest BCUT2D eigenvalue weighted by atomic mass is 32.2. The summed E-state index contributed by atoms with van der Waals surface area (Å²) in [5, 5.41) is 7.86. The van der Waals surface area contributed by atoms with Gasteiger partial charge in [-0.2, -0.15) is 13.2 Å². The van der Waals surface area contributed by atoms with E-state index in [0.29, 0.717) is 9.24 Å². The largest absolute Gasteiger partial charge is 0.416 e. The second-order valence-electron chi connectivity index (χ2n) is 4.00. The van der Waals surface area contributed by atoms with Crippen LogP contribution in [0.3, 0.4) is 0 Å². The molecule has 0 aliphatic heterocycles. The van der Waals surface area contributed by atoms with Crippen molar-refractivity contribution in [3.63, 3.8) is 0 Å². The van der Waals surface area contributed by atoms with Gasteiger partial charge >= 0.3 is 6.18 Å². The predicted octanol–water partition coefficient (Wildman–Crippen LogP) is 3.93. The number of benzene rings is 1. The molecule has 0 saturated heterocycles. The zero-order chi connectivity index (χ0) is 15.5. The number of hydrogen-bond donors (Lipinski definition) is 1. The van der Waals surface area contributed by atoms with Gasteiger partial charge < -0.3 is 5.73 Å². The van der Waals surface area contributed by atoms with Crippen LogP contribution in [0.25, 0.3) is 0 Å². The molecule has 1 aromatic carbocycles. The molecule has 2 aromatic rings. The Bertz CT molecular complexity index is 613. The first-order chi connectivity index (χ1) is 9.94. The number of alkyl halides is 3. The molecular weight excluding hydrogens is 339 g/mol. The van der Waals surface area contributed by atoms with Crippen LogP contribution in [-0.4, -0.2) is 23.0 Å². The third-order valence-electron chi connectivity index (χ3n) is 2.57. The maximum atomic E-state index is 13.1. The van der Waals surface area contributed by atoms with Crippen molar-refractivity contribution in [3.05, 3.63) is 29.3 Å². The summed E-state index contributed by atoms with van der Waals surface area (Å²) in [5.74, 6) is 0. The fourth-order valence-electron chi connectivity index (χ4n) is 1.68. The van der Waals surface area contributed by atoms with Crippen LogP contribution in [-0.2, 0) is 12.6 Å². The molecule has 0 radical (unpaired) electrons. The van der Waals surface area contributed by atoms with Gasteiger partial charge in [0.25, 0.3) is 0 Å². The maximum Gasteiger partial charge on any atom is 0.416 e. The highest BCUT2D eigenvalue weighted by Gasteiger charge is 2.33. The smallest absolute Gasteiger partial charge is 0.330 e. The Morgan fingerprint density at radius 3 is 2.52 bits per heavy atom. The van der Waals surface area contributed by atoms with Crippen molar-refractivity contribution in [1.29, 1.82) is 0 Å². The summed E-state index contributed by atoms with van der Waals surface area (Å²) >= 11 is 3.99. The molecule has 0 saturated carbocycles. The lowest BCUT2D eigenvalue weighted by atomic mass is 10.0. The standard InChI is InChI=1S/C12H12F3N3S3/c1-19-10-17-18-11(21-10)20-8-3-2-7(4-5-16)9(6-8)12(13,14)15/h2-3,6H,4-5,16H2,1H3. The Kier molecular flexibility index (Phi) is 5.53. The highest BCUT2D eigenvalue weighted by Crippen LogP contribution is 2.38. The Balaban J connectivity index is 2.28. The van der Waals surface area contributed by atoms with Gasteiger partial charge in [-0.3, -0.25) is 0 Å². The fraction of sp³-hybridized carbons (Fsp3) is 0.333. The van der Waals surface area contributed by atoms with E-state index in [9.17, 15) is 13.2 Å². The number of nitrogens with zero attached hydrogens (tertiary/aromatic N) is 2. The van der Waals surface area contributed by atoms with Gasteiger partial charge in [0.15, 0.2) is 8.68 Å². The number of rotatable bonds is 5. The molecule has 0 spiro atoms. The molecule has 0 atom stereocenters. The lowest BCUT2D eigenvalue weighted by Gasteiger charge is -2.13. The van der Waals surface area contributed by atoms with Crippen molar-refractivity contribution in [2.45, 2.75) is 26.2 Å². The molecule has 0 amide bonds. The number of nitrogens with two attached hydrogens (primary N) is 1. The van der Waals surface area contributed by atoms with Crippen LogP contribution in [0.15, 0.2) is 31.8 Å². The fourth-order valence-corrected chi connectivity index (χ4v) is 4.13. The number of aromatic nitrogens is 2. The summed E-state index contributed by atoms with van der Waals surface area (Å²) in [5.41, 5.74) is 4.95. The van der Waals surface area contributed by atoms with Gasteiger partial charge in [0.05, 0.1) is 5.56 Å². The van der Waals surface area contributed by atoms with Crippen molar-refractivity contribution < 1.29 is 13.2 Å². The van der Waals surface area contributed by atoms with Crippen molar-refractivity contribution in [2.24, 2.45) is 5.73 Å². The molecule has 114 valence electrons. The Labute approximate surface area is 132 Å². The summed E-state index contributed by atoms with van der Waals surface area (Å²) in [6.45, 7) is 0.184. The number of halogens is 3. The average Bonchev–Trinajstić information content (AvgIpc) is 2.87. The summed E-state index contributed by atoms with van der Waals surface area (Å²) in [6, 6.07) is 4.29. The molecule has 9 heteroatoms. The van der Waals surface area contributed by atoms with E-state index in [1.807, 2.05) is 6.26 Å². The van der Waals surface area contributed by atoms with Crippen LogP contribution in [0, 0.1) is 0 Å². The quantitative estimate of drug-likeness (QED) is 0.827. The van der Waals surface area contributed by atoms with Crippen molar-refractivity contribution in [1.82, 2.24) is 10.2 Å². The van der Waals surface area contributed by atoms with E-state index in [1.165, 1.54) is 40.9 Å². The maximum absolute atomic E-state index is 13.1. The normalized spacial score (nSPS) is 11.9. The Morgan fingerprint density at radius 1 is 1.24 bits per heavy atom. The molecule has 0 fully saturated rings. The highest BCUT2D eigenvalue weighted by molar-refractivity contribution is 8.03. The van der Waals surface area contributed by atoms with Gasteiger partial charge in [0.1, 0.15) is 0 Å². The lowest BCUT2D eigenvalue weighted by molar-refractivity contribution is -0.138. The second-order valence-corrected chi connectivity index (χ2v) is 7.35. The van der Waals surface area contributed by atoms with Crippen molar-refractivity contribution >= 4 is 34.9 Å². The number of hydrogen-bond acceptors (Lipinski definition) is 6. The molecule has 1 aromatic heterocycles. The monoisotopic (exact) mass is 351 g/mol. The first-order valence-corrected chi connectivity index (χ1v) is 8.75. The zero-order valence-electron chi connectivity index (χ0n) is 11.0. The van der Waals surface area contributed by atoms with E-state index in [4.69, 9.17) is 5.73 Å². The summed E-state index contributed by atoms with van der Waals surface area (Å²) in [7, 11) is 0. The van der Waals surface area contributed by atoms with Gasteiger partial charge in [-0.05, 0) is 36.9 Å². The molecule has 0 unspecified atom stereocenters. The van der Waals surface area contributed by atoms with Crippen molar-refractivity contribution in [2.75, 3.05) is 12.8 Å². The molecule has 2 N–H and O–H groups in total. The molecule has 2 rings (SSSR count). The molecule has 0 aliphatic rings. The lowest BCUT2D eigenvalue weighted by Crippen LogP contribution is -2.12. The predicted molar refractivity (Wildman–Crippen MR) is 80.0 cm³/mol. The SMILES string of the molecule is CSc1nnc(Sc2ccc(CCN)c(C(F)(F)F)c2)s1. The minimum Gasteiger partial charge on any atom is -0.330 e. The van der Waals surface area contributed by atoms with E-state index < -0.39 is 11.7 Å². The Morgan fingerprint density at radius 2 is 1.95 bits per heavy atom. The van der Waals surface area contributed by atoms with E-state index in [0.717, 1.165) is 10.4 Å². The average molecular weight is 351 g/mol. The van der Waals surface area contributed by atoms with E-state index >= 15 is 0 Å². The first kappa shape index (κ1) is 16.6. The van der Waals surface area contributed by atoms with E-state index in [2.05, 4.69) is 10.2 Å². The summed E-state index contributed by atoms with van der Waals surface area (Å²) in [6.07, 6.45) is -2.31. The minimum absolute atomic E-state index is 0.184. The van der Waals surface area contributed by atoms with Crippen LogP contribution < -0.4 is 5.73 Å². The van der Waals surface area contributed by atoms with E-state index in [1.54, 1.807) is 6.07 Å². The van der Waals surface area contributed by atoms with Gasteiger partial charge in [-0.15, -0.1) is 10.2 Å². The van der Waals surface area contributed by atoms with Gasteiger partial charge in [-0.25, -0.2) is 0 Å². The van der Waals surface area contributed by atoms with Crippen LogP contribution in [0.5, 0.6) is 0 Å². The van der Waals surface area contributed by atoms with Gasteiger partial charge in [0, 0.05) is 4.90 Å². The number of thioether (sulfide) groups is 1. The molecule has 0 bridgehead atoms. The topological polar surface area (TPSA) is 51.8 Å². The summed E-state index contributed by atoms with van der Waals surface area (Å²) in [4.78, 5) is 0.492. The van der Waals surface area contributed by atoms with E-state index in [-0.39, 0.29) is 18.5 Å². The van der Waals surface area contributed by atoms with Crippen LogP contribution in [0.4, 0.5) is 13.2 Å². The second kappa shape index (κ2) is 6.99. The van der Waals surface area contributed by atoms with Crippen LogP contribution in [0.2, 0.25) is 0 Å². The molecular formula is C12H12F3N3S3. The van der Waals surface area contributed by atoms with Crippen molar-refractivity contribution in [3.8, 4) is 0 Å². The minimum atomic E-state index is -4.38. The zero-order valence-corrected chi connectivity index (χ0v) is 13.4. The Hall–Kier alpha value is -0.770. The molecule has 1 heterocycles. The third-order valence-corrected chi connectivity index (χ3v) is 5.51. The van der Waals surface area contributed by atoms with Crippen LogP contribution in [0.1, 0.15) is 11.1 Å². The first-order valence-electron chi connectivity index (χ1n) is 5.89. The molecule has 3 nitrogen and oxygen atoms in total. The van der Waals surface area contributed by atoms with Gasteiger partial charge in [0.2, 0.25) is 0 Å². The summed E-state index contributed by atoms with van der Waals surface area (Å²) < 4.78 is 40.6. The van der Waals surface area contributed by atoms with Crippen LogP contribution >= 0.6 is 34.9 Å². The molecule has 21 heavy (non-hydrogen) atoms. The third kappa shape index (κ3) is 4.35. The van der Waals surface area contributed by atoms with Gasteiger partial charge in [-0.1, -0.05) is 40.9 Å². The molecule has 0 aliphatic carbocycles.